The summed E-state index contributed by atoms with van der Waals surface area (Å²) in [5.74, 6) is -1.15. The fraction of sp³-hybridized carbons (Fsp3) is 0.378. The fourth-order valence-electron chi connectivity index (χ4n) is 5.23. The number of esters is 1. The summed E-state index contributed by atoms with van der Waals surface area (Å²) in [6.07, 6.45) is 5.51. The minimum absolute atomic E-state index is 0.0220. The van der Waals surface area contributed by atoms with Crippen molar-refractivity contribution < 1.29 is 29.0 Å². The highest BCUT2D eigenvalue weighted by molar-refractivity contribution is 5.86. The van der Waals surface area contributed by atoms with Gasteiger partial charge >= 0.3 is 5.97 Å². The van der Waals surface area contributed by atoms with Crippen molar-refractivity contribution in [3.63, 3.8) is 0 Å². The molecular weight excluding hydrogens is 568 g/mol. The van der Waals surface area contributed by atoms with E-state index in [0.717, 1.165) is 22.4 Å². The Morgan fingerprint density at radius 3 is 2.18 bits per heavy atom. The molecule has 0 aliphatic carbocycles. The number of carbonyl (C=O) groups excluding carboxylic acids is 3. The zero-order valence-electron chi connectivity index (χ0n) is 26.1. The maximum Gasteiger partial charge on any atom is 0.309 e. The molecule has 3 N–H and O–H groups in total. The van der Waals surface area contributed by atoms with E-state index in [-0.39, 0.29) is 43.3 Å². The van der Waals surface area contributed by atoms with Crippen molar-refractivity contribution in [2.75, 3.05) is 13.2 Å². The van der Waals surface area contributed by atoms with Gasteiger partial charge in [0.25, 0.3) is 0 Å². The number of amides is 2. The van der Waals surface area contributed by atoms with Crippen molar-refractivity contribution in [1.82, 2.24) is 10.6 Å². The van der Waals surface area contributed by atoms with Gasteiger partial charge < -0.3 is 25.2 Å². The monoisotopic (exact) mass is 612 g/mol. The Balaban J connectivity index is 1.34. The van der Waals surface area contributed by atoms with Gasteiger partial charge in [0.1, 0.15) is 19.0 Å². The van der Waals surface area contributed by atoms with Gasteiger partial charge in [0, 0.05) is 6.42 Å². The van der Waals surface area contributed by atoms with Crippen LogP contribution in [0.1, 0.15) is 49.8 Å². The highest BCUT2D eigenvalue weighted by Crippen LogP contribution is 2.20. The van der Waals surface area contributed by atoms with E-state index in [1.165, 1.54) is 0 Å². The molecule has 0 saturated carbocycles. The van der Waals surface area contributed by atoms with Crippen LogP contribution in [0.2, 0.25) is 0 Å². The van der Waals surface area contributed by atoms with Gasteiger partial charge in [-0.1, -0.05) is 84.9 Å². The van der Waals surface area contributed by atoms with Crippen LogP contribution in [0.3, 0.4) is 0 Å². The standard InChI is InChI=1S/C37H44N2O6/c1-37(2)26-45-36(43)31(21-27-11-5-3-6-12-27)16-10-9-15-30(35(42)39-37)23-34(41)38-32(24-40)22-28-17-19-33(20-18-28)44-25-29-13-7-4-8-14-29/h3-14,17-20,30-32,40H,15-16,21-26H2,1-2H3,(H,38,41)(H,39,42). The van der Waals surface area contributed by atoms with Gasteiger partial charge in [0.15, 0.2) is 0 Å². The fourth-order valence-corrected chi connectivity index (χ4v) is 5.23. The molecule has 45 heavy (non-hydrogen) atoms. The molecule has 3 aromatic rings. The Morgan fingerprint density at radius 1 is 0.911 bits per heavy atom. The number of carbonyl (C=O) groups is 3. The van der Waals surface area contributed by atoms with Crippen LogP contribution < -0.4 is 15.4 Å². The summed E-state index contributed by atoms with van der Waals surface area (Å²) in [7, 11) is 0. The average molecular weight is 613 g/mol. The summed E-state index contributed by atoms with van der Waals surface area (Å²) in [4.78, 5) is 39.3. The summed E-state index contributed by atoms with van der Waals surface area (Å²) >= 11 is 0. The molecule has 3 unspecified atom stereocenters. The van der Waals surface area contributed by atoms with Crippen LogP contribution in [0.15, 0.2) is 97.1 Å². The first-order valence-electron chi connectivity index (χ1n) is 15.5. The number of benzene rings is 3. The lowest BCUT2D eigenvalue weighted by atomic mass is 9.93. The van der Waals surface area contributed by atoms with Gasteiger partial charge in [-0.3, -0.25) is 14.4 Å². The van der Waals surface area contributed by atoms with Crippen LogP contribution in [-0.4, -0.2) is 47.7 Å². The largest absolute Gasteiger partial charge is 0.489 e. The van der Waals surface area contributed by atoms with E-state index < -0.39 is 17.5 Å². The molecule has 3 aromatic carbocycles. The molecule has 3 atom stereocenters. The molecule has 8 heteroatoms. The van der Waals surface area contributed by atoms with Gasteiger partial charge in [-0.15, -0.1) is 0 Å². The van der Waals surface area contributed by atoms with E-state index >= 15 is 0 Å². The number of rotatable bonds is 11. The molecule has 0 saturated heterocycles. The van der Waals surface area contributed by atoms with Crippen LogP contribution in [0.5, 0.6) is 5.75 Å². The van der Waals surface area contributed by atoms with Crippen molar-refractivity contribution in [2.45, 2.75) is 64.1 Å². The molecule has 0 fully saturated rings. The summed E-state index contributed by atoms with van der Waals surface area (Å²) in [5.41, 5.74) is 2.25. The number of hydrogen-bond acceptors (Lipinski definition) is 6. The van der Waals surface area contributed by atoms with Crippen molar-refractivity contribution in [2.24, 2.45) is 11.8 Å². The van der Waals surface area contributed by atoms with Crippen LogP contribution in [-0.2, 0) is 38.6 Å². The van der Waals surface area contributed by atoms with E-state index in [4.69, 9.17) is 9.47 Å². The van der Waals surface area contributed by atoms with Crippen molar-refractivity contribution in [1.29, 1.82) is 0 Å². The summed E-state index contributed by atoms with van der Waals surface area (Å²) < 4.78 is 11.5. The zero-order chi connectivity index (χ0) is 32.1. The molecule has 1 aliphatic heterocycles. The lowest BCUT2D eigenvalue weighted by molar-refractivity contribution is -0.151. The smallest absolute Gasteiger partial charge is 0.309 e. The number of hydrogen-bond donors (Lipinski definition) is 3. The lowest BCUT2D eigenvalue weighted by Crippen LogP contribution is -2.50. The van der Waals surface area contributed by atoms with E-state index in [2.05, 4.69) is 10.6 Å². The predicted molar refractivity (Wildman–Crippen MR) is 173 cm³/mol. The molecule has 0 bridgehead atoms. The topological polar surface area (TPSA) is 114 Å². The second-order valence-electron chi connectivity index (χ2n) is 12.3. The number of ether oxygens (including phenoxy) is 2. The van der Waals surface area contributed by atoms with Crippen molar-refractivity contribution >= 4 is 17.8 Å². The first kappa shape index (κ1) is 33.5. The highest BCUT2D eigenvalue weighted by Gasteiger charge is 2.30. The molecular formula is C37H44N2O6. The first-order valence-corrected chi connectivity index (χ1v) is 15.5. The van der Waals surface area contributed by atoms with Crippen LogP contribution >= 0.6 is 0 Å². The number of aliphatic hydroxyl groups excluding tert-OH is 1. The Kier molecular flexibility index (Phi) is 12.3. The highest BCUT2D eigenvalue weighted by atomic mass is 16.5. The Hall–Kier alpha value is -4.43. The zero-order valence-corrected chi connectivity index (χ0v) is 26.1. The summed E-state index contributed by atoms with van der Waals surface area (Å²) in [6.45, 7) is 3.84. The molecule has 0 radical (unpaired) electrons. The maximum atomic E-state index is 13.3. The molecule has 0 spiro atoms. The summed E-state index contributed by atoms with van der Waals surface area (Å²) in [5, 5.41) is 15.9. The Bertz CT molecular complexity index is 1410. The molecule has 8 nitrogen and oxygen atoms in total. The molecule has 4 rings (SSSR count). The van der Waals surface area contributed by atoms with E-state index in [1.807, 2.05) is 97.1 Å². The third-order valence-corrected chi connectivity index (χ3v) is 7.74. The van der Waals surface area contributed by atoms with Crippen molar-refractivity contribution in [3.05, 3.63) is 114 Å². The van der Waals surface area contributed by atoms with Crippen LogP contribution in [0.25, 0.3) is 0 Å². The number of allylic oxidation sites excluding steroid dienone is 2. The third kappa shape index (κ3) is 11.2. The Morgan fingerprint density at radius 2 is 1.53 bits per heavy atom. The van der Waals surface area contributed by atoms with E-state index in [9.17, 15) is 19.5 Å². The van der Waals surface area contributed by atoms with Crippen molar-refractivity contribution in [3.8, 4) is 5.75 Å². The first-order chi connectivity index (χ1) is 21.7. The van der Waals surface area contributed by atoms with E-state index in [1.54, 1.807) is 13.8 Å². The predicted octanol–water partition coefficient (Wildman–Crippen LogP) is 4.94. The second kappa shape index (κ2) is 16.6. The Labute approximate surface area is 265 Å². The minimum atomic E-state index is -0.813. The van der Waals surface area contributed by atoms with E-state index in [0.29, 0.717) is 32.3 Å². The molecule has 238 valence electrons. The number of nitrogens with one attached hydrogen (secondary N) is 2. The second-order valence-corrected chi connectivity index (χ2v) is 12.3. The van der Waals surface area contributed by atoms with Gasteiger partial charge in [-0.2, -0.15) is 0 Å². The van der Waals surface area contributed by atoms with Gasteiger partial charge in [0.05, 0.1) is 30.0 Å². The van der Waals surface area contributed by atoms with Gasteiger partial charge in [-0.25, -0.2) is 0 Å². The quantitative estimate of drug-likeness (QED) is 0.209. The van der Waals surface area contributed by atoms with Crippen LogP contribution in [0, 0.1) is 11.8 Å². The van der Waals surface area contributed by atoms with Gasteiger partial charge in [0.2, 0.25) is 11.8 Å². The number of cyclic esters (lactones) is 1. The number of aliphatic hydroxyl groups is 1. The maximum absolute atomic E-state index is 13.3. The molecule has 1 heterocycles. The lowest BCUT2D eigenvalue weighted by Gasteiger charge is -2.29. The molecule has 2 amide bonds. The summed E-state index contributed by atoms with van der Waals surface area (Å²) in [6, 6.07) is 26.8. The van der Waals surface area contributed by atoms with Gasteiger partial charge in [-0.05, 0) is 68.4 Å². The SMILES string of the molecule is CC1(C)COC(=O)C(Cc2ccccc2)CC=CCC(CC(=O)NC(CO)Cc2ccc(OCc3ccccc3)cc2)C(=O)N1. The average Bonchev–Trinajstić information content (AvgIpc) is 3.04. The van der Waals surface area contributed by atoms with Crippen LogP contribution in [0.4, 0.5) is 0 Å². The third-order valence-electron chi connectivity index (χ3n) is 7.74. The minimum Gasteiger partial charge on any atom is -0.489 e. The molecule has 1 aliphatic rings. The molecule has 0 aromatic heterocycles. The normalized spacial score (nSPS) is 19.3.